The van der Waals surface area contributed by atoms with Crippen LogP contribution in [-0.4, -0.2) is 11.7 Å². The third kappa shape index (κ3) is 2.14. The van der Waals surface area contributed by atoms with Crippen molar-refractivity contribution in [2.45, 2.75) is 32.9 Å². The molecule has 0 aliphatic carbocycles. The largest absolute Gasteiger partial charge is 0.298 e. The summed E-state index contributed by atoms with van der Waals surface area (Å²) < 4.78 is 0. The maximum atomic E-state index is 5.66. The fourth-order valence-corrected chi connectivity index (χ4v) is 1.73. The average Bonchev–Trinajstić information content (AvgIpc) is 2.60. The molecule has 0 saturated heterocycles. The van der Waals surface area contributed by atoms with Crippen molar-refractivity contribution in [3.05, 3.63) is 35.4 Å². The minimum absolute atomic E-state index is 0.852. The molecule has 2 heteroatoms. The SMILES string of the molecule is CCCCON1Cc2ccccc2C1. The first-order valence-electron chi connectivity index (χ1n) is 5.35. The Labute approximate surface area is 85.4 Å². The van der Waals surface area contributed by atoms with Crippen LogP contribution in [0.1, 0.15) is 30.9 Å². The highest BCUT2D eigenvalue weighted by atomic mass is 16.7. The lowest BCUT2D eigenvalue weighted by molar-refractivity contribution is -0.166. The van der Waals surface area contributed by atoms with Gasteiger partial charge in [0.25, 0.3) is 0 Å². The molecule has 1 aliphatic rings. The summed E-state index contributed by atoms with van der Waals surface area (Å²) in [6.45, 7) is 4.92. The Balaban J connectivity index is 1.86. The van der Waals surface area contributed by atoms with Crippen molar-refractivity contribution in [1.82, 2.24) is 5.06 Å². The second kappa shape index (κ2) is 4.58. The maximum absolute atomic E-state index is 5.66. The zero-order valence-corrected chi connectivity index (χ0v) is 8.70. The number of hydrogen-bond donors (Lipinski definition) is 0. The molecule has 0 bridgehead atoms. The molecule has 1 aromatic carbocycles. The van der Waals surface area contributed by atoms with Crippen LogP contribution in [0.25, 0.3) is 0 Å². The van der Waals surface area contributed by atoms with E-state index >= 15 is 0 Å². The number of unbranched alkanes of at least 4 members (excludes halogenated alkanes) is 1. The summed E-state index contributed by atoms with van der Waals surface area (Å²) >= 11 is 0. The first-order chi connectivity index (χ1) is 6.90. The smallest absolute Gasteiger partial charge is 0.0685 e. The van der Waals surface area contributed by atoms with E-state index in [0.29, 0.717) is 0 Å². The Hall–Kier alpha value is -0.860. The van der Waals surface area contributed by atoms with Crippen molar-refractivity contribution in [3.8, 4) is 0 Å². The van der Waals surface area contributed by atoms with Gasteiger partial charge in [0, 0.05) is 13.1 Å². The molecule has 0 spiro atoms. The van der Waals surface area contributed by atoms with E-state index in [1.165, 1.54) is 17.5 Å². The molecule has 0 amide bonds. The highest BCUT2D eigenvalue weighted by molar-refractivity contribution is 5.29. The van der Waals surface area contributed by atoms with Crippen LogP contribution >= 0.6 is 0 Å². The lowest BCUT2D eigenvalue weighted by Crippen LogP contribution is -2.17. The summed E-state index contributed by atoms with van der Waals surface area (Å²) in [6.07, 6.45) is 2.34. The standard InChI is InChI=1S/C12H17NO/c1-2-3-8-14-13-9-11-6-4-5-7-12(11)10-13/h4-7H,2-3,8-10H2,1H3. The van der Waals surface area contributed by atoms with Gasteiger partial charge in [-0.3, -0.25) is 4.84 Å². The number of benzene rings is 1. The molecule has 0 unspecified atom stereocenters. The van der Waals surface area contributed by atoms with Crippen LogP contribution in [0.15, 0.2) is 24.3 Å². The predicted molar refractivity (Wildman–Crippen MR) is 56.5 cm³/mol. The highest BCUT2D eigenvalue weighted by Gasteiger charge is 2.17. The van der Waals surface area contributed by atoms with Gasteiger partial charge < -0.3 is 0 Å². The van der Waals surface area contributed by atoms with E-state index in [1.807, 2.05) is 0 Å². The fourth-order valence-electron chi connectivity index (χ4n) is 1.73. The van der Waals surface area contributed by atoms with E-state index < -0.39 is 0 Å². The molecule has 0 fully saturated rings. The molecule has 0 radical (unpaired) electrons. The summed E-state index contributed by atoms with van der Waals surface area (Å²) in [4.78, 5) is 5.66. The quantitative estimate of drug-likeness (QED) is 0.678. The summed E-state index contributed by atoms with van der Waals surface area (Å²) in [5.41, 5.74) is 2.81. The van der Waals surface area contributed by atoms with Gasteiger partial charge in [0.15, 0.2) is 0 Å². The van der Waals surface area contributed by atoms with E-state index in [4.69, 9.17) is 4.84 Å². The second-order valence-corrected chi connectivity index (χ2v) is 3.75. The number of rotatable bonds is 4. The third-order valence-corrected chi connectivity index (χ3v) is 2.58. The first-order valence-corrected chi connectivity index (χ1v) is 5.35. The van der Waals surface area contributed by atoms with Crippen LogP contribution < -0.4 is 0 Å². The zero-order chi connectivity index (χ0) is 9.80. The van der Waals surface area contributed by atoms with Gasteiger partial charge in [-0.25, -0.2) is 0 Å². The van der Waals surface area contributed by atoms with Gasteiger partial charge in [-0.05, 0) is 17.5 Å². The fraction of sp³-hybridized carbons (Fsp3) is 0.500. The van der Waals surface area contributed by atoms with Crippen molar-refractivity contribution < 1.29 is 4.84 Å². The normalized spacial score (nSPS) is 15.8. The minimum atomic E-state index is 0.852. The molecular weight excluding hydrogens is 174 g/mol. The Morgan fingerprint density at radius 2 is 1.86 bits per heavy atom. The van der Waals surface area contributed by atoms with Gasteiger partial charge in [0.05, 0.1) is 6.61 Å². The number of fused-ring (bicyclic) bond motifs is 1. The van der Waals surface area contributed by atoms with Crippen molar-refractivity contribution in [3.63, 3.8) is 0 Å². The Bertz CT molecular complexity index is 273. The Kier molecular flexibility index (Phi) is 3.17. The van der Waals surface area contributed by atoms with Crippen LogP contribution in [0.5, 0.6) is 0 Å². The van der Waals surface area contributed by atoms with Crippen molar-refractivity contribution >= 4 is 0 Å². The Morgan fingerprint density at radius 3 is 2.43 bits per heavy atom. The first kappa shape index (κ1) is 9.69. The predicted octanol–water partition coefficient (Wildman–Crippen LogP) is 2.73. The topological polar surface area (TPSA) is 12.5 Å². The number of nitrogens with zero attached hydrogens (tertiary/aromatic N) is 1. The molecule has 0 atom stereocenters. The number of hydrogen-bond acceptors (Lipinski definition) is 2. The van der Waals surface area contributed by atoms with E-state index in [1.54, 1.807) is 0 Å². The molecule has 1 heterocycles. The molecule has 1 aromatic rings. The zero-order valence-electron chi connectivity index (χ0n) is 8.70. The summed E-state index contributed by atoms with van der Waals surface area (Å²) in [7, 11) is 0. The van der Waals surface area contributed by atoms with Crippen LogP contribution in [0.3, 0.4) is 0 Å². The van der Waals surface area contributed by atoms with Gasteiger partial charge in [0.1, 0.15) is 0 Å². The molecule has 0 saturated carbocycles. The minimum Gasteiger partial charge on any atom is -0.298 e. The summed E-state index contributed by atoms with van der Waals surface area (Å²) in [5, 5.41) is 2.06. The number of hydroxylamine groups is 2. The molecule has 0 aromatic heterocycles. The van der Waals surface area contributed by atoms with E-state index in [2.05, 4.69) is 36.3 Å². The summed E-state index contributed by atoms with van der Waals surface area (Å²) in [5.74, 6) is 0. The lowest BCUT2D eigenvalue weighted by atomic mass is 10.1. The summed E-state index contributed by atoms with van der Waals surface area (Å²) in [6, 6.07) is 8.54. The monoisotopic (exact) mass is 191 g/mol. The van der Waals surface area contributed by atoms with Gasteiger partial charge in [0.2, 0.25) is 0 Å². The molecule has 14 heavy (non-hydrogen) atoms. The molecular formula is C12H17NO. The van der Waals surface area contributed by atoms with Gasteiger partial charge in [-0.15, -0.1) is 0 Å². The molecule has 0 N–H and O–H groups in total. The third-order valence-electron chi connectivity index (χ3n) is 2.58. The highest BCUT2D eigenvalue weighted by Crippen LogP contribution is 2.22. The van der Waals surface area contributed by atoms with E-state index in [-0.39, 0.29) is 0 Å². The molecule has 76 valence electrons. The lowest BCUT2D eigenvalue weighted by Gasteiger charge is -2.14. The maximum Gasteiger partial charge on any atom is 0.0685 e. The van der Waals surface area contributed by atoms with Crippen molar-refractivity contribution in [2.24, 2.45) is 0 Å². The van der Waals surface area contributed by atoms with E-state index in [9.17, 15) is 0 Å². The van der Waals surface area contributed by atoms with Crippen LogP contribution in [0, 0.1) is 0 Å². The van der Waals surface area contributed by atoms with Crippen molar-refractivity contribution in [1.29, 1.82) is 0 Å². The van der Waals surface area contributed by atoms with Crippen LogP contribution in [0.2, 0.25) is 0 Å². The molecule has 2 rings (SSSR count). The van der Waals surface area contributed by atoms with Crippen LogP contribution in [0.4, 0.5) is 0 Å². The Morgan fingerprint density at radius 1 is 1.21 bits per heavy atom. The van der Waals surface area contributed by atoms with Crippen molar-refractivity contribution in [2.75, 3.05) is 6.61 Å². The van der Waals surface area contributed by atoms with Gasteiger partial charge >= 0.3 is 0 Å². The average molecular weight is 191 g/mol. The van der Waals surface area contributed by atoms with Crippen LogP contribution in [-0.2, 0) is 17.9 Å². The second-order valence-electron chi connectivity index (χ2n) is 3.75. The van der Waals surface area contributed by atoms with Gasteiger partial charge in [-0.1, -0.05) is 37.6 Å². The van der Waals surface area contributed by atoms with Gasteiger partial charge in [-0.2, -0.15) is 5.06 Å². The molecule has 1 aliphatic heterocycles. The van der Waals surface area contributed by atoms with E-state index in [0.717, 1.165) is 26.1 Å². The molecule has 2 nitrogen and oxygen atoms in total.